The summed E-state index contributed by atoms with van der Waals surface area (Å²) >= 11 is 6.00. The maximum absolute atomic E-state index is 12.4. The fourth-order valence-corrected chi connectivity index (χ4v) is 4.12. The van der Waals surface area contributed by atoms with Crippen LogP contribution in [0.5, 0.6) is 0 Å². The Kier molecular flexibility index (Phi) is 5.53. The van der Waals surface area contributed by atoms with Crippen LogP contribution in [0.3, 0.4) is 0 Å². The van der Waals surface area contributed by atoms with E-state index in [2.05, 4.69) is 0 Å². The Morgan fingerprint density at radius 3 is 2.35 bits per heavy atom. The summed E-state index contributed by atoms with van der Waals surface area (Å²) in [5.41, 5.74) is 1.94. The third kappa shape index (κ3) is 4.37. The molecule has 0 bridgehead atoms. The molecule has 1 saturated heterocycles. The molecule has 1 fully saturated rings. The monoisotopic (exact) mass is 392 g/mol. The van der Waals surface area contributed by atoms with Gasteiger partial charge in [0.15, 0.2) is 0 Å². The molecule has 0 aliphatic carbocycles. The van der Waals surface area contributed by atoms with E-state index in [9.17, 15) is 13.2 Å². The molecule has 0 atom stereocenters. The molecule has 0 unspecified atom stereocenters. The van der Waals surface area contributed by atoms with Gasteiger partial charge in [0.1, 0.15) is 0 Å². The molecular weight excluding hydrogens is 372 g/mol. The van der Waals surface area contributed by atoms with Gasteiger partial charge in [-0.25, -0.2) is 8.42 Å². The van der Waals surface area contributed by atoms with Crippen molar-refractivity contribution in [2.75, 3.05) is 23.7 Å². The van der Waals surface area contributed by atoms with Crippen molar-refractivity contribution in [2.24, 2.45) is 0 Å². The molecule has 2 aromatic carbocycles. The first-order valence-electron chi connectivity index (χ1n) is 8.46. The van der Waals surface area contributed by atoms with Gasteiger partial charge in [-0.2, -0.15) is 0 Å². The zero-order valence-corrected chi connectivity index (χ0v) is 16.1. The Morgan fingerprint density at radius 2 is 1.77 bits per heavy atom. The molecule has 26 heavy (non-hydrogen) atoms. The molecule has 1 aliphatic rings. The summed E-state index contributed by atoms with van der Waals surface area (Å²) in [4.78, 5) is 14.3. The van der Waals surface area contributed by atoms with Crippen molar-refractivity contribution in [1.82, 2.24) is 4.90 Å². The molecular formula is C19H21ClN2O3S. The molecule has 1 heterocycles. The van der Waals surface area contributed by atoms with Gasteiger partial charge in [0.2, 0.25) is 10.0 Å². The minimum Gasteiger partial charge on any atom is -0.339 e. The van der Waals surface area contributed by atoms with E-state index < -0.39 is 10.0 Å². The Hall–Kier alpha value is -2.05. The minimum atomic E-state index is -3.47. The highest BCUT2D eigenvalue weighted by atomic mass is 35.5. The third-order valence-electron chi connectivity index (χ3n) is 4.42. The topological polar surface area (TPSA) is 57.7 Å². The predicted molar refractivity (Wildman–Crippen MR) is 104 cm³/mol. The molecule has 0 aromatic heterocycles. The molecule has 0 spiro atoms. The highest BCUT2D eigenvalue weighted by Gasteiger charge is 2.21. The van der Waals surface area contributed by atoms with Crippen LogP contribution in [0.1, 0.15) is 28.8 Å². The summed E-state index contributed by atoms with van der Waals surface area (Å²) in [7, 11) is -3.47. The fourth-order valence-electron chi connectivity index (χ4n) is 3.05. The number of likely N-dealkylation sites (tertiary alicyclic amines) is 1. The van der Waals surface area contributed by atoms with Crippen LogP contribution in [0.2, 0.25) is 5.02 Å². The maximum Gasteiger partial charge on any atom is 0.253 e. The first kappa shape index (κ1) is 18.7. The molecule has 2 aromatic rings. The van der Waals surface area contributed by atoms with Crippen LogP contribution in [0.25, 0.3) is 0 Å². The highest BCUT2D eigenvalue weighted by Crippen LogP contribution is 2.24. The standard InChI is InChI=1S/C19H21ClN2O3S/c1-26(24,25)22(18-6-4-5-17(20)13-18)14-15-7-9-16(10-8-15)19(23)21-11-2-3-12-21/h4-10,13H,2-3,11-12,14H2,1H3. The zero-order chi connectivity index (χ0) is 18.7. The van der Waals surface area contributed by atoms with E-state index >= 15 is 0 Å². The van der Waals surface area contributed by atoms with Crippen LogP contribution in [0.4, 0.5) is 5.69 Å². The van der Waals surface area contributed by atoms with Gasteiger partial charge >= 0.3 is 0 Å². The highest BCUT2D eigenvalue weighted by molar-refractivity contribution is 7.92. The quantitative estimate of drug-likeness (QED) is 0.781. The summed E-state index contributed by atoms with van der Waals surface area (Å²) < 4.78 is 25.7. The van der Waals surface area contributed by atoms with Gasteiger partial charge in [-0.3, -0.25) is 9.10 Å². The van der Waals surface area contributed by atoms with Crippen LogP contribution in [-0.2, 0) is 16.6 Å². The number of carbonyl (C=O) groups excluding carboxylic acids is 1. The Morgan fingerprint density at radius 1 is 1.12 bits per heavy atom. The summed E-state index contributed by atoms with van der Waals surface area (Å²) in [6.07, 6.45) is 3.26. The molecule has 3 rings (SSSR count). The molecule has 0 saturated carbocycles. The molecule has 138 valence electrons. The van der Waals surface area contributed by atoms with E-state index in [1.807, 2.05) is 4.90 Å². The van der Waals surface area contributed by atoms with Crippen LogP contribution in [-0.4, -0.2) is 38.6 Å². The lowest BCUT2D eigenvalue weighted by Crippen LogP contribution is -2.29. The maximum atomic E-state index is 12.4. The number of nitrogens with zero attached hydrogens (tertiary/aromatic N) is 2. The zero-order valence-electron chi connectivity index (χ0n) is 14.6. The summed E-state index contributed by atoms with van der Waals surface area (Å²) in [6.45, 7) is 1.78. The van der Waals surface area contributed by atoms with E-state index in [0.29, 0.717) is 16.3 Å². The molecule has 7 heteroatoms. The lowest BCUT2D eigenvalue weighted by Gasteiger charge is -2.23. The van der Waals surface area contributed by atoms with Gasteiger partial charge in [-0.15, -0.1) is 0 Å². The lowest BCUT2D eigenvalue weighted by atomic mass is 10.1. The number of amides is 1. The van der Waals surface area contributed by atoms with Crippen molar-refractivity contribution >= 4 is 33.2 Å². The third-order valence-corrected chi connectivity index (χ3v) is 5.79. The normalized spacial score (nSPS) is 14.5. The van der Waals surface area contributed by atoms with E-state index in [1.165, 1.54) is 10.6 Å². The van der Waals surface area contributed by atoms with E-state index in [4.69, 9.17) is 11.6 Å². The summed E-state index contributed by atoms with van der Waals surface area (Å²) in [5.74, 6) is 0.0314. The number of sulfonamides is 1. The van der Waals surface area contributed by atoms with Crippen LogP contribution >= 0.6 is 11.6 Å². The molecule has 0 N–H and O–H groups in total. The number of benzene rings is 2. The molecule has 5 nitrogen and oxygen atoms in total. The molecule has 1 amide bonds. The minimum absolute atomic E-state index is 0.0314. The van der Waals surface area contributed by atoms with Crippen LogP contribution < -0.4 is 4.31 Å². The van der Waals surface area contributed by atoms with Crippen molar-refractivity contribution in [2.45, 2.75) is 19.4 Å². The van der Waals surface area contributed by atoms with Gasteiger partial charge < -0.3 is 4.90 Å². The number of rotatable bonds is 5. The number of hydrogen-bond acceptors (Lipinski definition) is 3. The van der Waals surface area contributed by atoms with Gasteiger partial charge in [0.05, 0.1) is 18.5 Å². The SMILES string of the molecule is CS(=O)(=O)N(Cc1ccc(C(=O)N2CCCC2)cc1)c1cccc(Cl)c1. The second-order valence-corrected chi connectivity index (χ2v) is 8.79. The Balaban J connectivity index is 1.80. The van der Waals surface area contributed by atoms with Crippen LogP contribution in [0.15, 0.2) is 48.5 Å². The summed E-state index contributed by atoms with van der Waals surface area (Å²) in [5, 5.41) is 0.475. The Bertz CT molecular complexity index is 891. The number of hydrogen-bond donors (Lipinski definition) is 0. The first-order chi connectivity index (χ1) is 12.3. The average Bonchev–Trinajstić information content (AvgIpc) is 3.13. The predicted octanol–water partition coefficient (Wildman–Crippen LogP) is 3.54. The van der Waals surface area contributed by atoms with E-state index in [1.54, 1.807) is 48.5 Å². The van der Waals surface area contributed by atoms with Gasteiger partial charge in [-0.05, 0) is 48.7 Å². The van der Waals surface area contributed by atoms with Gasteiger partial charge in [0.25, 0.3) is 5.91 Å². The lowest BCUT2D eigenvalue weighted by molar-refractivity contribution is 0.0793. The van der Waals surface area contributed by atoms with Crippen molar-refractivity contribution in [3.05, 3.63) is 64.7 Å². The Labute approximate surface area is 159 Å². The second-order valence-electron chi connectivity index (χ2n) is 6.45. The van der Waals surface area contributed by atoms with Gasteiger partial charge in [0, 0.05) is 23.7 Å². The molecule has 1 aliphatic heterocycles. The number of carbonyl (C=O) groups is 1. The van der Waals surface area contributed by atoms with Crippen molar-refractivity contribution in [3.63, 3.8) is 0 Å². The average molecular weight is 393 g/mol. The van der Waals surface area contributed by atoms with E-state index in [0.717, 1.165) is 31.5 Å². The first-order valence-corrected chi connectivity index (χ1v) is 10.7. The largest absolute Gasteiger partial charge is 0.339 e. The van der Waals surface area contributed by atoms with Crippen molar-refractivity contribution < 1.29 is 13.2 Å². The van der Waals surface area contributed by atoms with E-state index in [-0.39, 0.29) is 12.5 Å². The van der Waals surface area contributed by atoms with Gasteiger partial charge in [-0.1, -0.05) is 29.8 Å². The number of anilines is 1. The number of halogens is 1. The second kappa shape index (κ2) is 7.68. The van der Waals surface area contributed by atoms with Crippen molar-refractivity contribution in [1.29, 1.82) is 0 Å². The van der Waals surface area contributed by atoms with Crippen molar-refractivity contribution in [3.8, 4) is 0 Å². The smallest absolute Gasteiger partial charge is 0.253 e. The molecule has 0 radical (unpaired) electrons. The fraction of sp³-hybridized carbons (Fsp3) is 0.316. The van der Waals surface area contributed by atoms with Crippen LogP contribution in [0, 0.1) is 0 Å². The summed E-state index contributed by atoms with van der Waals surface area (Å²) in [6, 6.07) is 13.9.